The molecule has 0 atom stereocenters. The van der Waals surface area contributed by atoms with Crippen molar-refractivity contribution in [2.24, 2.45) is 7.05 Å². The van der Waals surface area contributed by atoms with Crippen molar-refractivity contribution in [2.45, 2.75) is 12.8 Å². The van der Waals surface area contributed by atoms with Crippen LogP contribution in [0, 0.1) is 0 Å². The Kier molecular flexibility index (Phi) is 3.69. The summed E-state index contributed by atoms with van der Waals surface area (Å²) in [7, 11) is 3.26. The van der Waals surface area contributed by atoms with Crippen LogP contribution >= 0.6 is 0 Å². The molecule has 1 aromatic heterocycles. The summed E-state index contributed by atoms with van der Waals surface area (Å²) in [6, 6.07) is 4.74. The number of aromatic nitrogens is 2. The Labute approximate surface area is 132 Å². The first-order valence-electron chi connectivity index (χ1n) is 7.19. The van der Waals surface area contributed by atoms with Gasteiger partial charge in [-0.1, -0.05) is 0 Å². The lowest BCUT2D eigenvalue weighted by Gasteiger charge is -2.06. The number of nitrogens with zero attached hydrogens (tertiary/aromatic N) is 3. The lowest BCUT2D eigenvalue weighted by molar-refractivity contribution is -0.116. The predicted molar refractivity (Wildman–Crippen MR) is 83.0 cm³/mol. The van der Waals surface area contributed by atoms with Crippen LogP contribution in [0.15, 0.2) is 30.6 Å². The fourth-order valence-electron chi connectivity index (χ4n) is 2.52. The fourth-order valence-corrected chi connectivity index (χ4v) is 2.52. The molecule has 1 N–H and O–H groups in total. The topological polar surface area (TPSA) is 84.3 Å². The number of fused-ring (bicyclic) bond motifs is 1. The van der Waals surface area contributed by atoms with Gasteiger partial charge in [0.2, 0.25) is 5.91 Å². The van der Waals surface area contributed by atoms with Crippen molar-refractivity contribution in [1.82, 2.24) is 14.7 Å². The zero-order valence-corrected chi connectivity index (χ0v) is 12.9. The maximum Gasteiger partial charge on any atom is 0.261 e. The van der Waals surface area contributed by atoms with Gasteiger partial charge in [-0.2, -0.15) is 5.10 Å². The summed E-state index contributed by atoms with van der Waals surface area (Å²) in [6.07, 6.45) is 4.49. The molecule has 0 saturated heterocycles. The van der Waals surface area contributed by atoms with E-state index in [4.69, 9.17) is 0 Å². The van der Waals surface area contributed by atoms with E-state index in [9.17, 15) is 14.4 Å². The van der Waals surface area contributed by atoms with E-state index in [0.717, 1.165) is 10.5 Å². The first kappa shape index (κ1) is 15.0. The number of carbonyl (C=O) groups excluding carboxylic acids is 3. The third-order valence-corrected chi connectivity index (χ3v) is 3.77. The van der Waals surface area contributed by atoms with Crippen LogP contribution in [0.3, 0.4) is 0 Å². The second-order valence-corrected chi connectivity index (χ2v) is 5.50. The van der Waals surface area contributed by atoms with E-state index in [-0.39, 0.29) is 17.7 Å². The van der Waals surface area contributed by atoms with Crippen molar-refractivity contribution in [1.29, 1.82) is 0 Å². The summed E-state index contributed by atoms with van der Waals surface area (Å²) >= 11 is 0. The predicted octanol–water partition coefficient (Wildman–Crippen LogP) is 1.22. The van der Waals surface area contributed by atoms with E-state index in [1.165, 1.54) is 7.05 Å². The molecule has 0 spiro atoms. The number of benzene rings is 1. The van der Waals surface area contributed by atoms with Gasteiger partial charge >= 0.3 is 0 Å². The number of carbonyl (C=O) groups is 3. The number of aryl methyl sites for hydroxylation is 2. The van der Waals surface area contributed by atoms with Crippen molar-refractivity contribution in [2.75, 3.05) is 12.4 Å². The third-order valence-electron chi connectivity index (χ3n) is 3.77. The number of imide groups is 1. The number of hydrogen-bond acceptors (Lipinski definition) is 4. The van der Waals surface area contributed by atoms with Crippen LogP contribution < -0.4 is 5.32 Å². The Morgan fingerprint density at radius 2 is 1.91 bits per heavy atom. The molecule has 2 heterocycles. The summed E-state index contributed by atoms with van der Waals surface area (Å²) < 4.78 is 1.69. The molecule has 1 aliphatic heterocycles. The van der Waals surface area contributed by atoms with Crippen LogP contribution in [0.1, 0.15) is 32.7 Å². The highest BCUT2D eigenvalue weighted by Crippen LogP contribution is 2.24. The number of rotatable bonds is 4. The van der Waals surface area contributed by atoms with Gasteiger partial charge < -0.3 is 5.32 Å². The highest BCUT2D eigenvalue weighted by molar-refractivity contribution is 6.21. The minimum atomic E-state index is -0.351. The molecule has 3 amide bonds. The molecule has 118 valence electrons. The maximum absolute atomic E-state index is 12.0. The van der Waals surface area contributed by atoms with Crippen molar-refractivity contribution in [3.05, 3.63) is 47.3 Å². The van der Waals surface area contributed by atoms with Gasteiger partial charge in [0, 0.05) is 32.4 Å². The quantitative estimate of drug-likeness (QED) is 0.860. The number of nitrogens with one attached hydrogen (secondary N) is 1. The summed E-state index contributed by atoms with van der Waals surface area (Å²) in [5.74, 6) is -0.824. The molecule has 23 heavy (non-hydrogen) atoms. The molecule has 0 aliphatic carbocycles. The lowest BCUT2D eigenvalue weighted by atomic mass is 10.1. The lowest BCUT2D eigenvalue weighted by Crippen LogP contribution is -2.24. The van der Waals surface area contributed by atoms with E-state index >= 15 is 0 Å². The van der Waals surface area contributed by atoms with E-state index < -0.39 is 0 Å². The van der Waals surface area contributed by atoms with Gasteiger partial charge in [-0.05, 0) is 30.2 Å². The zero-order chi connectivity index (χ0) is 16.6. The molecule has 0 unspecified atom stereocenters. The Hall–Kier alpha value is -2.96. The number of hydrogen-bond donors (Lipinski definition) is 1. The SMILES string of the molecule is CN1C(=O)c2ccc(NC(=O)CCc3cnn(C)c3)cc2C1=O. The van der Waals surface area contributed by atoms with E-state index in [0.29, 0.717) is 29.7 Å². The van der Waals surface area contributed by atoms with Gasteiger partial charge in [0.1, 0.15) is 0 Å². The minimum Gasteiger partial charge on any atom is -0.326 e. The van der Waals surface area contributed by atoms with Gasteiger partial charge in [0.25, 0.3) is 11.8 Å². The molecule has 7 nitrogen and oxygen atoms in total. The monoisotopic (exact) mass is 312 g/mol. The highest BCUT2D eigenvalue weighted by Gasteiger charge is 2.32. The highest BCUT2D eigenvalue weighted by atomic mass is 16.2. The van der Waals surface area contributed by atoms with Crippen LogP contribution in [0.25, 0.3) is 0 Å². The minimum absolute atomic E-state index is 0.154. The Morgan fingerprint density at radius 3 is 2.61 bits per heavy atom. The van der Waals surface area contributed by atoms with Crippen molar-refractivity contribution in [3.63, 3.8) is 0 Å². The second kappa shape index (κ2) is 5.68. The fraction of sp³-hybridized carbons (Fsp3) is 0.250. The molecule has 1 aromatic carbocycles. The second-order valence-electron chi connectivity index (χ2n) is 5.50. The molecule has 0 bridgehead atoms. The van der Waals surface area contributed by atoms with Crippen molar-refractivity contribution < 1.29 is 14.4 Å². The van der Waals surface area contributed by atoms with Crippen molar-refractivity contribution in [3.8, 4) is 0 Å². The largest absolute Gasteiger partial charge is 0.326 e. The number of amides is 3. The average molecular weight is 312 g/mol. The average Bonchev–Trinajstić information content (AvgIpc) is 3.04. The van der Waals surface area contributed by atoms with Crippen molar-refractivity contribution >= 4 is 23.4 Å². The molecule has 0 radical (unpaired) electrons. The molecule has 3 rings (SSSR count). The normalized spacial score (nSPS) is 13.4. The van der Waals surface area contributed by atoms with E-state index in [2.05, 4.69) is 10.4 Å². The maximum atomic E-state index is 12.0. The van der Waals surface area contributed by atoms with Gasteiger partial charge in [0.05, 0.1) is 17.3 Å². The Balaban J connectivity index is 1.66. The molecule has 7 heteroatoms. The van der Waals surface area contributed by atoms with Gasteiger partial charge in [0.15, 0.2) is 0 Å². The summed E-state index contributed by atoms with van der Waals surface area (Å²) in [4.78, 5) is 36.8. The summed E-state index contributed by atoms with van der Waals surface area (Å²) in [6.45, 7) is 0. The van der Waals surface area contributed by atoms with Crippen LogP contribution in [0.4, 0.5) is 5.69 Å². The molecular formula is C16H16N4O3. The Morgan fingerprint density at radius 1 is 1.17 bits per heavy atom. The standard InChI is InChI=1S/C16H16N4O3/c1-19-9-10(8-17-19)3-6-14(21)18-11-4-5-12-13(7-11)16(23)20(2)15(12)22/h4-5,7-9H,3,6H2,1-2H3,(H,18,21). The van der Waals surface area contributed by atoms with Crippen LogP contribution in [0.5, 0.6) is 0 Å². The molecule has 0 saturated carbocycles. The third kappa shape index (κ3) is 2.85. The first-order valence-corrected chi connectivity index (χ1v) is 7.19. The Bertz CT molecular complexity index is 809. The smallest absolute Gasteiger partial charge is 0.261 e. The van der Waals surface area contributed by atoms with Crippen LogP contribution in [-0.4, -0.2) is 39.4 Å². The molecule has 1 aliphatic rings. The number of anilines is 1. The van der Waals surface area contributed by atoms with Crippen LogP contribution in [-0.2, 0) is 18.3 Å². The molecular weight excluding hydrogens is 296 g/mol. The summed E-state index contributed by atoms with van der Waals surface area (Å²) in [5, 5.41) is 6.80. The van der Waals surface area contributed by atoms with E-state index in [1.807, 2.05) is 13.2 Å². The van der Waals surface area contributed by atoms with Gasteiger partial charge in [-0.15, -0.1) is 0 Å². The summed E-state index contributed by atoms with van der Waals surface area (Å²) in [5.41, 5.74) is 2.18. The first-order chi connectivity index (χ1) is 11.0. The van der Waals surface area contributed by atoms with Gasteiger partial charge in [-0.3, -0.25) is 24.0 Å². The van der Waals surface area contributed by atoms with Gasteiger partial charge in [-0.25, -0.2) is 0 Å². The molecule has 2 aromatic rings. The molecule has 0 fully saturated rings. The zero-order valence-electron chi connectivity index (χ0n) is 12.9. The van der Waals surface area contributed by atoms with E-state index in [1.54, 1.807) is 29.1 Å². The van der Waals surface area contributed by atoms with Crippen LogP contribution in [0.2, 0.25) is 0 Å².